The normalized spacial score (nSPS) is 15.3. The summed E-state index contributed by atoms with van der Waals surface area (Å²) in [6.07, 6.45) is 8.54. The maximum atomic E-state index is 12.1. The van der Waals surface area contributed by atoms with Crippen molar-refractivity contribution in [1.82, 2.24) is 4.90 Å². The van der Waals surface area contributed by atoms with E-state index < -0.39 is 0 Å². The number of hydrogen-bond donors (Lipinski definition) is 1. The smallest absolute Gasteiger partial charge is 0.238 e. The molecule has 1 aliphatic rings. The van der Waals surface area contributed by atoms with Crippen LogP contribution in [0.15, 0.2) is 24.3 Å². The summed E-state index contributed by atoms with van der Waals surface area (Å²) in [7, 11) is 0. The molecule has 1 aliphatic heterocycles. The average Bonchev–Trinajstić information content (AvgIpc) is 2.57. The lowest BCUT2D eigenvalue weighted by Gasteiger charge is -2.25. The molecule has 1 saturated heterocycles. The zero-order valence-electron chi connectivity index (χ0n) is 14.4. The number of ether oxygens (including phenoxy) is 1. The van der Waals surface area contributed by atoms with Crippen molar-refractivity contribution in [3.05, 3.63) is 24.3 Å². The predicted octanol–water partition coefficient (Wildman–Crippen LogP) is 4.07. The largest absolute Gasteiger partial charge is 0.494 e. The van der Waals surface area contributed by atoms with Crippen LogP contribution in [-0.4, -0.2) is 37.0 Å². The first-order valence-electron chi connectivity index (χ1n) is 9.03. The Bertz CT molecular complexity index is 453. The van der Waals surface area contributed by atoms with Gasteiger partial charge in [-0.15, -0.1) is 0 Å². The Kier molecular flexibility index (Phi) is 7.95. The van der Waals surface area contributed by atoms with Gasteiger partial charge in [0.2, 0.25) is 5.91 Å². The highest BCUT2D eigenvalue weighted by Gasteiger charge is 2.13. The first-order chi connectivity index (χ1) is 11.3. The molecular formula is C19H30N2O2. The van der Waals surface area contributed by atoms with Crippen LogP contribution in [0.25, 0.3) is 0 Å². The average molecular weight is 318 g/mol. The number of nitrogens with one attached hydrogen (secondary N) is 1. The predicted molar refractivity (Wildman–Crippen MR) is 95.0 cm³/mol. The van der Waals surface area contributed by atoms with Crippen LogP contribution in [0.4, 0.5) is 5.69 Å². The molecule has 1 aromatic carbocycles. The summed E-state index contributed by atoms with van der Waals surface area (Å²) in [6, 6.07) is 7.68. The van der Waals surface area contributed by atoms with E-state index in [4.69, 9.17) is 4.74 Å². The number of benzene rings is 1. The molecule has 0 radical (unpaired) electrons. The topological polar surface area (TPSA) is 41.6 Å². The van der Waals surface area contributed by atoms with Gasteiger partial charge in [0.25, 0.3) is 0 Å². The van der Waals surface area contributed by atoms with E-state index in [9.17, 15) is 4.79 Å². The van der Waals surface area contributed by atoms with Crippen LogP contribution in [-0.2, 0) is 4.79 Å². The summed E-state index contributed by atoms with van der Waals surface area (Å²) in [5, 5.41) is 2.96. The molecule has 1 N–H and O–H groups in total. The molecule has 4 nitrogen and oxygen atoms in total. The summed E-state index contributed by atoms with van der Waals surface area (Å²) >= 11 is 0. The van der Waals surface area contributed by atoms with Gasteiger partial charge in [-0.2, -0.15) is 0 Å². The van der Waals surface area contributed by atoms with E-state index in [2.05, 4.69) is 17.1 Å². The van der Waals surface area contributed by atoms with E-state index in [0.29, 0.717) is 6.54 Å². The van der Waals surface area contributed by atoms with Crippen LogP contribution >= 0.6 is 0 Å². The summed E-state index contributed by atoms with van der Waals surface area (Å²) in [6.45, 7) is 5.55. The fraction of sp³-hybridized carbons (Fsp3) is 0.632. The van der Waals surface area contributed by atoms with Crippen LogP contribution in [0.1, 0.15) is 51.9 Å². The van der Waals surface area contributed by atoms with Gasteiger partial charge in [0.15, 0.2) is 0 Å². The van der Waals surface area contributed by atoms with Gasteiger partial charge in [0.05, 0.1) is 13.2 Å². The van der Waals surface area contributed by atoms with Crippen LogP contribution < -0.4 is 10.1 Å². The van der Waals surface area contributed by atoms with Gasteiger partial charge in [0.1, 0.15) is 5.75 Å². The summed E-state index contributed by atoms with van der Waals surface area (Å²) < 4.78 is 5.71. The van der Waals surface area contributed by atoms with E-state index in [0.717, 1.165) is 37.6 Å². The lowest BCUT2D eigenvalue weighted by Crippen LogP contribution is -2.36. The van der Waals surface area contributed by atoms with E-state index in [-0.39, 0.29) is 5.91 Å². The third-order valence-corrected chi connectivity index (χ3v) is 4.22. The Morgan fingerprint density at radius 2 is 1.83 bits per heavy atom. The number of carbonyl (C=O) groups excluding carboxylic acids is 1. The van der Waals surface area contributed by atoms with Crippen molar-refractivity contribution in [2.75, 3.05) is 31.6 Å². The van der Waals surface area contributed by atoms with Crippen molar-refractivity contribution >= 4 is 11.6 Å². The number of amides is 1. The first-order valence-corrected chi connectivity index (χ1v) is 9.03. The maximum absolute atomic E-state index is 12.1. The van der Waals surface area contributed by atoms with Crippen molar-refractivity contribution in [3.8, 4) is 5.75 Å². The van der Waals surface area contributed by atoms with Crippen LogP contribution in [0.5, 0.6) is 5.75 Å². The second-order valence-corrected chi connectivity index (χ2v) is 6.32. The number of unbranched alkanes of at least 4 members (excludes halogenated alkanes) is 3. The molecule has 1 aromatic rings. The lowest BCUT2D eigenvalue weighted by molar-refractivity contribution is -0.117. The standard InChI is InChI=1S/C19H30N2O2/c1-2-3-4-8-15-23-18-11-9-17(10-12-18)20-19(22)16-21-13-6-5-7-14-21/h9-12H,2-8,13-16H2,1H3,(H,20,22). The first kappa shape index (κ1) is 17.8. The molecule has 23 heavy (non-hydrogen) atoms. The third kappa shape index (κ3) is 7.04. The van der Waals surface area contributed by atoms with E-state index in [1.807, 2.05) is 24.3 Å². The van der Waals surface area contributed by atoms with Crippen molar-refractivity contribution in [3.63, 3.8) is 0 Å². The zero-order valence-corrected chi connectivity index (χ0v) is 14.4. The molecule has 0 unspecified atom stereocenters. The zero-order chi connectivity index (χ0) is 16.3. The third-order valence-electron chi connectivity index (χ3n) is 4.22. The van der Waals surface area contributed by atoms with Gasteiger partial charge in [0, 0.05) is 5.69 Å². The van der Waals surface area contributed by atoms with Gasteiger partial charge in [-0.1, -0.05) is 32.6 Å². The van der Waals surface area contributed by atoms with Crippen LogP contribution in [0, 0.1) is 0 Å². The molecule has 0 aliphatic carbocycles. The Hall–Kier alpha value is -1.55. The Labute approximate surface area is 140 Å². The Balaban J connectivity index is 1.68. The highest BCUT2D eigenvalue weighted by atomic mass is 16.5. The second-order valence-electron chi connectivity index (χ2n) is 6.32. The minimum atomic E-state index is 0.0696. The number of rotatable bonds is 9. The lowest BCUT2D eigenvalue weighted by atomic mass is 10.1. The van der Waals surface area contributed by atoms with E-state index in [1.165, 1.54) is 38.5 Å². The molecular weight excluding hydrogens is 288 g/mol. The number of carbonyl (C=O) groups is 1. The Morgan fingerprint density at radius 3 is 2.52 bits per heavy atom. The van der Waals surface area contributed by atoms with Crippen molar-refractivity contribution in [2.45, 2.75) is 51.9 Å². The summed E-state index contributed by atoms with van der Waals surface area (Å²) in [5.74, 6) is 0.940. The number of nitrogens with zero attached hydrogens (tertiary/aromatic N) is 1. The minimum absolute atomic E-state index is 0.0696. The summed E-state index contributed by atoms with van der Waals surface area (Å²) in [4.78, 5) is 14.3. The molecule has 0 atom stereocenters. The van der Waals surface area contributed by atoms with Crippen LogP contribution in [0.3, 0.4) is 0 Å². The molecule has 2 rings (SSSR count). The van der Waals surface area contributed by atoms with Crippen molar-refractivity contribution in [2.24, 2.45) is 0 Å². The van der Waals surface area contributed by atoms with Crippen molar-refractivity contribution in [1.29, 1.82) is 0 Å². The number of hydrogen-bond acceptors (Lipinski definition) is 3. The fourth-order valence-electron chi connectivity index (χ4n) is 2.87. The number of likely N-dealkylation sites (tertiary alicyclic amines) is 1. The van der Waals surface area contributed by atoms with E-state index >= 15 is 0 Å². The van der Waals surface area contributed by atoms with Crippen LogP contribution in [0.2, 0.25) is 0 Å². The number of piperidine rings is 1. The van der Waals surface area contributed by atoms with Gasteiger partial charge >= 0.3 is 0 Å². The second kappa shape index (κ2) is 10.3. The number of anilines is 1. The monoisotopic (exact) mass is 318 g/mol. The van der Waals surface area contributed by atoms with E-state index in [1.54, 1.807) is 0 Å². The Morgan fingerprint density at radius 1 is 1.09 bits per heavy atom. The highest BCUT2D eigenvalue weighted by molar-refractivity contribution is 5.92. The molecule has 1 heterocycles. The maximum Gasteiger partial charge on any atom is 0.238 e. The molecule has 0 bridgehead atoms. The molecule has 0 spiro atoms. The SMILES string of the molecule is CCCCCCOc1ccc(NC(=O)CN2CCCCC2)cc1. The van der Waals surface area contributed by atoms with Gasteiger partial charge in [-0.25, -0.2) is 0 Å². The molecule has 1 fully saturated rings. The van der Waals surface area contributed by atoms with Gasteiger partial charge < -0.3 is 10.1 Å². The molecule has 0 saturated carbocycles. The quantitative estimate of drug-likeness (QED) is 0.698. The fourth-order valence-corrected chi connectivity index (χ4v) is 2.87. The minimum Gasteiger partial charge on any atom is -0.494 e. The molecule has 128 valence electrons. The summed E-state index contributed by atoms with van der Waals surface area (Å²) in [5.41, 5.74) is 0.838. The van der Waals surface area contributed by atoms with Gasteiger partial charge in [-0.05, 0) is 56.6 Å². The molecule has 4 heteroatoms. The molecule has 0 aromatic heterocycles. The highest BCUT2D eigenvalue weighted by Crippen LogP contribution is 2.16. The van der Waals surface area contributed by atoms with Gasteiger partial charge in [-0.3, -0.25) is 9.69 Å². The van der Waals surface area contributed by atoms with Crippen molar-refractivity contribution < 1.29 is 9.53 Å². The molecule has 1 amide bonds.